The number of carboxylic acids is 1. The molecule has 2 atom stereocenters. The van der Waals surface area contributed by atoms with Crippen LogP contribution in [0, 0.1) is 18.3 Å². The van der Waals surface area contributed by atoms with Crippen LogP contribution >= 0.6 is 0 Å². The molecule has 1 N–H and O–H groups in total. The summed E-state index contributed by atoms with van der Waals surface area (Å²) in [6, 6.07) is 0. The summed E-state index contributed by atoms with van der Waals surface area (Å²) >= 11 is 0. The van der Waals surface area contributed by atoms with Crippen LogP contribution in [0.1, 0.15) is 38.3 Å². The van der Waals surface area contributed by atoms with Gasteiger partial charge in [0.05, 0.1) is 5.92 Å². The molecule has 0 bridgehead atoms. The summed E-state index contributed by atoms with van der Waals surface area (Å²) in [5.74, 6) is 0.590. The van der Waals surface area contributed by atoms with Crippen molar-refractivity contribution in [3.63, 3.8) is 0 Å². The predicted molar refractivity (Wildman–Crippen MR) is 58.1 cm³/mol. The second-order valence-corrected chi connectivity index (χ2v) is 4.96. The van der Waals surface area contributed by atoms with E-state index in [0.717, 1.165) is 18.2 Å². The van der Waals surface area contributed by atoms with E-state index in [4.69, 9.17) is 5.11 Å². The second-order valence-electron chi connectivity index (χ2n) is 4.96. The molecule has 0 spiro atoms. The highest BCUT2D eigenvalue weighted by Crippen LogP contribution is 2.63. The van der Waals surface area contributed by atoms with Gasteiger partial charge in [-0.05, 0) is 19.3 Å². The molecule has 2 rings (SSSR count). The Morgan fingerprint density at radius 1 is 1.50 bits per heavy atom. The lowest BCUT2D eigenvalue weighted by atomic mass is 10.1. The minimum absolute atomic E-state index is 0.00819. The van der Waals surface area contributed by atoms with Gasteiger partial charge in [-0.1, -0.05) is 13.8 Å². The number of hydrogen-bond donors (Lipinski definition) is 1. The molecule has 16 heavy (non-hydrogen) atoms. The lowest BCUT2D eigenvalue weighted by Gasteiger charge is -2.05. The van der Waals surface area contributed by atoms with Crippen molar-refractivity contribution in [2.45, 2.75) is 40.2 Å². The second kappa shape index (κ2) is 3.30. The number of aromatic nitrogens is 3. The van der Waals surface area contributed by atoms with Crippen LogP contribution in [-0.4, -0.2) is 25.8 Å². The first-order valence-corrected chi connectivity index (χ1v) is 5.53. The number of aliphatic carboxylic acids is 1. The largest absolute Gasteiger partial charge is 0.481 e. The third kappa shape index (κ3) is 1.34. The first-order chi connectivity index (χ1) is 7.41. The highest BCUT2D eigenvalue weighted by atomic mass is 16.4. The number of aryl methyl sites for hydroxylation is 1. The summed E-state index contributed by atoms with van der Waals surface area (Å²) in [6.07, 6.45) is 0. The Balaban J connectivity index is 2.37. The van der Waals surface area contributed by atoms with Crippen molar-refractivity contribution >= 4 is 5.97 Å². The summed E-state index contributed by atoms with van der Waals surface area (Å²) in [5, 5.41) is 17.3. The van der Waals surface area contributed by atoms with Crippen LogP contribution in [0.4, 0.5) is 0 Å². The Labute approximate surface area is 94.5 Å². The maximum Gasteiger partial charge on any atom is 0.307 e. The van der Waals surface area contributed by atoms with E-state index in [0.29, 0.717) is 0 Å². The fourth-order valence-corrected chi connectivity index (χ4v) is 2.60. The minimum atomic E-state index is -0.738. The van der Waals surface area contributed by atoms with Gasteiger partial charge in [0.1, 0.15) is 11.6 Å². The lowest BCUT2D eigenvalue weighted by Crippen LogP contribution is -2.05. The lowest BCUT2D eigenvalue weighted by molar-refractivity contribution is -0.139. The molecule has 0 amide bonds. The van der Waals surface area contributed by atoms with Gasteiger partial charge < -0.3 is 9.67 Å². The zero-order chi connectivity index (χ0) is 12.1. The third-order valence-corrected chi connectivity index (χ3v) is 3.65. The number of carbonyl (C=O) groups is 1. The highest BCUT2D eigenvalue weighted by Gasteiger charge is 2.64. The Kier molecular flexibility index (Phi) is 2.29. The zero-order valence-electron chi connectivity index (χ0n) is 10.1. The fourth-order valence-electron chi connectivity index (χ4n) is 2.60. The molecule has 1 fully saturated rings. The van der Waals surface area contributed by atoms with Crippen molar-refractivity contribution in [2.24, 2.45) is 11.3 Å². The summed E-state index contributed by atoms with van der Waals surface area (Å²) in [6.45, 7) is 8.64. The van der Waals surface area contributed by atoms with Crippen molar-refractivity contribution in [2.75, 3.05) is 0 Å². The quantitative estimate of drug-likeness (QED) is 0.841. The van der Waals surface area contributed by atoms with Gasteiger partial charge >= 0.3 is 5.97 Å². The van der Waals surface area contributed by atoms with Gasteiger partial charge in [-0.25, -0.2) is 0 Å². The van der Waals surface area contributed by atoms with Crippen LogP contribution in [0.3, 0.4) is 0 Å². The normalized spacial score (nSPS) is 26.8. The topological polar surface area (TPSA) is 68.0 Å². The molecule has 0 radical (unpaired) electrons. The summed E-state index contributed by atoms with van der Waals surface area (Å²) in [7, 11) is 0. The summed E-state index contributed by atoms with van der Waals surface area (Å²) in [5.41, 5.74) is -0.210. The first kappa shape index (κ1) is 11.1. The number of hydrogen-bond acceptors (Lipinski definition) is 3. The molecule has 5 heteroatoms. The molecule has 1 heterocycles. The minimum Gasteiger partial charge on any atom is -0.481 e. The molecule has 2 unspecified atom stereocenters. The summed E-state index contributed by atoms with van der Waals surface area (Å²) in [4.78, 5) is 11.1. The average Bonchev–Trinajstić information content (AvgIpc) is 2.58. The van der Waals surface area contributed by atoms with Gasteiger partial charge in [0.2, 0.25) is 0 Å². The number of rotatable bonds is 3. The van der Waals surface area contributed by atoms with E-state index in [2.05, 4.69) is 10.2 Å². The monoisotopic (exact) mass is 223 g/mol. The zero-order valence-corrected chi connectivity index (χ0v) is 10.1. The molecule has 5 nitrogen and oxygen atoms in total. The van der Waals surface area contributed by atoms with E-state index in [1.54, 1.807) is 0 Å². The SMILES string of the molecule is CCn1c(C)nnc1C1C(C(=O)O)C1(C)C. The van der Waals surface area contributed by atoms with Gasteiger partial charge in [0, 0.05) is 12.5 Å². The van der Waals surface area contributed by atoms with Crippen molar-refractivity contribution < 1.29 is 9.90 Å². The highest BCUT2D eigenvalue weighted by molar-refractivity contribution is 5.77. The van der Waals surface area contributed by atoms with E-state index in [1.807, 2.05) is 32.3 Å². The Morgan fingerprint density at radius 2 is 2.12 bits per heavy atom. The van der Waals surface area contributed by atoms with Gasteiger partial charge in [-0.2, -0.15) is 0 Å². The van der Waals surface area contributed by atoms with Gasteiger partial charge in [-0.15, -0.1) is 10.2 Å². The van der Waals surface area contributed by atoms with Crippen molar-refractivity contribution in [1.82, 2.24) is 14.8 Å². The molecule has 1 saturated carbocycles. The molecular weight excluding hydrogens is 206 g/mol. The van der Waals surface area contributed by atoms with Gasteiger partial charge in [0.15, 0.2) is 0 Å². The number of nitrogens with zero attached hydrogens (tertiary/aromatic N) is 3. The molecule has 1 aromatic heterocycles. The van der Waals surface area contributed by atoms with Crippen molar-refractivity contribution in [1.29, 1.82) is 0 Å². The van der Waals surface area contributed by atoms with Gasteiger partial charge in [-0.3, -0.25) is 4.79 Å². The standard InChI is InChI=1S/C11H17N3O2/c1-5-14-6(2)12-13-9(14)7-8(10(15)16)11(7,3)4/h7-8H,5H2,1-4H3,(H,15,16). The molecule has 0 saturated heterocycles. The molecular formula is C11H17N3O2. The molecule has 88 valence electrons. The van der Waals surface area contributed by atoms with Crippen LogP contribution in [0.15, 0.2) is 0 Å². The Morgan fingerprint density at radius 3 is 2.56 bits per heavy atom. The van der Waals surface area contributed by atoms with Crippen molar-refractivity contribution in [3.8, 4) is 0 Å². The van der Waals surface area contributed by atoms with E-state index in [-0.39, 0.29) is 17.3 Å². The van der Waals surface area contributed by atoms with E-state index in [9.17, 15) is 4.79 Å². The molecule has 0 aliphatic heterocycles. The predicted octanol–water partition coefficient (Wildman–Crippen LogP) is 1.43. The third-order valence-electron chi connectivity index (χ3n) is 3.65. The fraction of sp³-hybridized carbons (Fsp3) is 0.727. The molecule has 1 aliphatic rings. The van der Waals surface area contributed by atoms with Crippen LogP contribution in [0.2, 0.25) is 0 Å². The van der Waals surface area contributed by atoms with Crippen LogP contribution in [0.5, 0.6) is 0 Å². The van der Waals surface area contributed by atoms with Crippen molar-refractivity contribution in [3.05, 3.63) is 11.6 Å². The maximum absolute atomic E-state index is 11.1. The molecule has 0 aromatic carbocycles. The first-order valence-electron chi connectivity index (χ1n) is 5.53. The summed E-state index contributed by atoms with van der Waals surface area (Å²) < 4.78 is 2.00. The number of carboxylic acid groups (broad SMARTS) is 1. The van der Waals surface area contributed by atoms with E-state index >= 15 is 0 Å². The Hall–Kier alpha value is -1.39. The molecule has 1 aromatic rings. The smallest absolute Gasteiger partial charge is 0.307 e. The van der Waals surface area contributed by atoms with E-state index < -0.39 is 5.97 Å². The Bertz CT molecular complexity index is 436. The van der Waals surface area contributed by atoms with Crippen LogP contribution < -0.4 is 0 Å². The van der Waals surface area contributed by atoms with Crippen LogP contribution in [0.25, 0.3) is 0 Å². The van der Waals surface area contributed by atoms with Gasteiger partial charge in [0.25, 0.3) is 0 Å². The van der Waals surface area contributed by atoms with E-state index in [1.165, 1.54) is 0 Å². The van der Waals surface area contributed by atoms with Crippen LogP contribution in [-0.2, 0) is 11.3 Å². The molecule has 1 aliphatic carbocycles. The average molecular weight is 223 g/mol. The maximum atomic E-state index is 11.1.